The first-order valence-corrected chi connectivity index (χ1v) is 15.1. The number of benzene rings is 3. The Kier molecular flexibility index (Phi) is 10.7. The first kappa shape index (κ1) is 34.7. The molecule has 0 radical (unpaired) electrons. The Balaban J connectivity index is 1.61. The summed E-state index contributed by atoms with van der Waals surface area (Å²) in [6.07, 6.45) is -3.91. The lowest BCUT2D eigenvalue weighted by Crippen LogP contribution is -2.37. The third-order valence-corrected chi connectivity index (χ3v) is 7.63. The fraction of sp³-hybridized carbons (Fsp3) is 0.412. The van der Waals surface area contributed by atoms with Gasteiger partial charge in [0.1, 0.15) is 28.9 Å². The van der Waals surface area contributed by atoms with Crippen LogP contribution < -0.4 is 24.4 Å². The number of halogens is 4. The quantitative estimate of drug-likeness (QED) is 0.209. The number of carbonyl (C=O) groups is 2. The van der Waals surface area contributed by atoms with Gasteiger partial charge in [0.05, 0.1) is 32.3 Å². The molecule has 1 aliphatic heterocycles. The number of alkyl halides is 3. The smallest absolute Gasteiger partial charge is 0.420 e. The summed E-state index contributed by atoms with van der Waals surface area (Å²) in [5.41, 5.74) is 0.206. The Hall–Kier alpha value is -4.12. The highest BCUT2D eigenvalue weighted by molar-refractivity contribution is 6.30. The second kappa shape index (κ2) is 14.1. The van der Waals surface area contributed by atoms with Gasteiger partial charge >= 0.3 is 12.1 Å². The minimum Gasteiger partial charge on any atom is -0.497 e. The molecule has 2 atom stereocenters. The summed E-state index contributed by atoms with van der Waals surface area (Å²) in [6, 6.07) is 13.0. The van der Waals surface area contributed by atoms with Crippen molar-refractivity contribution < 1.29 is 41.7 Å². The number of esters is 1. The molecule has 46 heavy (non-hydrogen) atoms. The molecule has 4 rings (SSSR count). The summed E-state index contributed by atoms with van der Waals surface area (Å²) in [7, 11) is 2.67. The minimum atomic E-state index is -4.67. The molecule has 8 nitrogen and oxygen atoms in total. The third-order valence-electron chi connectivity index (χ3n) is 7.37. The molecule has 0 aliphatic carbocycles. The van der Waals surface area contributed by atoms with Crippen molar-refractivity contribution in [3.8, 4) is 17.2 Å². The maximum Gasteiger partial charge on any atom is 0.420 e. The number of fused-ring (bicyclic) bond motifs is 1. The van der Waals surface area contributed by atoms with E-state index < -0.39 is 35.2 Å². The first-order chi connectivity index (χ1) is 21.6. The van der Waals surface area contributed by atoms with Gasteiger partial charge in [-0.1, -0.05) is 30.7 Å². The van der Waals surface area contributed by atoms with Crippen LogP contribution in [-0.2, 0) is 26.9 Å². The zero-order valence-electron chi connectivity index (χ0n) is 26.6. The maximum absolute atomic E-state index is 14.2. The summed E-state index contributed by atoms with van der Waals surface area (Å²) in [5, 5.41) is 3.69. The Morgan fingerprint density at radius 1 is 0.978 bits per heavy atom. The molecule has 1 N–H and O–H groups in total. The van der Waals surface area contributed by atoms with Crippen LogP contribution in [0.4, 0.5) is 24.5 Å². The first-order valence-electron chi connectivity index (χ1n) is 14.8. The average Bonchev–Trinajstić information content (AvgIpc) is 3.41. The van der Waals surface area contributed by atoms with Gasteiger partial charge in [-0.2, -0.15) is 13.2 Å². The van der Waals surface area contributed by atoms with Gasteiger partial charge in [-0.05, 0) is 69.0 Å². The fourth-order valence-electron chi connectivity index (χ4n) is 5.03. The number of hydrogen-bond donors (Lipinski definition) is 1. The number of hydrogen-bond acceptors (Lipinski definition) is 7. The van der Waals surface area contributed by atoms with Crippen LogP contribution >= 0.6 is 11.6 Å². The SMILES string of the molecule is COc1cc(NC(C(=O)N2CCc3cc(OC)c(C(F)(F)F)cc32)c2ccc(Cl)cc2)cc(OCCC(C)C(=O)OC(C)(C)C)c1. The van der Waals surface area contributed by atoms with E-state index in [1.54, 1.807) is 70.2 Å². The number of rotatable bonds is 11. The second-order valence-corrected chi connectivity index (χ2v) is 12.5. The van der Waals surface area contributed by atoms with Crippen molar-refractivity contribution in [2.45, 2.75) is 58.4 Å². The number of methoxy groups -OCH3 is 2. The van der Waals surface area contributed by atoms with Crippen LogP contribution in [0.1, 0.15) is 56.8 Å². The number of amides is 1. The van der Waals surface area contributed by atoms with Crippen LogP contribution in [-0.4, -0.2) is 44.8 Å². The van der Waals surface area contributed by atoms with Crippen molar-refractivity contribution in [2.24, 2.45) is 5.92 Å². The van der Waals surface area contributed by atoms with E-state index in [2.05, 4.69) is 5.32 Å². The molecule has 0 fully saturated rings. The Morgan fingerprint density at radius 3 is 2.26 bits per heavy atom. The highest BCUT2D eigenvalue weighted by Gasteiger charge is 2.39. The number of nitrogens with zero attached hydrogens (tertiary/aromatic N) is 1. The summed E-state index contributed by atoms with van der Waals surface area (Å²) in [6.45, 7) is 7.58. The van der Waals surface area contributed by atoms with Gasteiger partial charge in [-0.25, -0.2) is 0 Å². The van der Waals surface area contributed by atoms with Crippen LogP contribution in [0.5, 0.6) is 17.2 Å². The lowest BCUT2D eigenvalue weighted by Gasteiger charge is -2.27. The molecule has 0 spiro atoms. The number of anilines is 2. The third kappa shape index (κ3) is 8.57. The molecule has 1 amide bonds. The summed E-state index contributed by atoms with van der Waals surface area (Å²) in [4.78, 5) is 27.9. The van der Waals surface area contributed by atoms with Gasteiger partial charge in [0.15, 0.2) is 0 Å². The predicted octanol–water partition coefficient (Wildman–Crippen LogP) is 7.87. The fourth-order valence-corrected chi connectivity index (χ4v) is 5.16. The van der Waals surface area contributed by atoms with E-state index in [0.717, 1.165) is 6.07 Å². The monoisotopic (exact) mass is 662 g/mol. The predicted molar refractivity (Wildman–Crippen MR) is 170 cm³/mol. The number of ether oxygens (including phenoxy) is 4. The van der Waals surface area contributed by atoms with E-state index in [0.29, 0.717) is 46.2 Å². The summed E-state index contributed by atoms with van der Waals surface area (Å²) >= 11 is 6.12. The van der Waals surface area contributed by atoms with Gasteiger partial charge in [0, 0.05) is 41.1 Å². The van der Waals surface area contributed by atoms with Gasteiger partial charge in [0.25, 0.3) is 5.91 Å². The molecular weight excluding hydrogens is 625 g/mol. The molecule has 2 unspecified atom stereocenters. The van der Waals surface area contributed by atoms with Crippen LogP contribution in [0.25, 0.3) is 0 Å². The molecule has 0 bridgehead atoms. The average molecular weight is 663 g/mol. The molecule has 1 heterocycles. The molecule has 3 aromatic rings. The van der Waals surface area contributed by atoms with Crippen molar-refractivity contribution in [3.63, 3.8) is 0 Å². The van der Waals surface area contributed by atoms with E-state index in [4.69, 9.17) is 30.5 Å². The van der Waals surface area contributed by atoms with Crippen molar-refractivity contribution in [3.05, 3.63) is 76.3 Å². The zero-order valence-corrected chi connectivity index (χ0v) is 27.3. The Bertz CT molecular complexity index is 1560. The standard InChI is InChI=1S/C34H38ClF3N2O6/c1-20(32(42)46-33(2,3)4)12-14-45-26-17-24(16-25(18-26)43-5)39-30(21-7-9-23(35)10-8-21)31(41)40-13-11-22-15-29(44-6)27(19-28(22)40)34(36,37)38/h7-10,15-20,30,39H,11-14H2,1-6H3. The van der Waals surface area contributed by atoms with Crippen molar-refractivity contribution in [2.75, 3.05) is 37.6 Å². The highest BCUT2D eigenvalue weighted by Crippen LogP contribution is 2.43. The molecule has 0 aromatic heterocycles. The van der Waals surface area contributed by atoms with E-state index in [1.807, 2.05) is 0 Å². The number of nitrogens with one attached hydrogen (secondary N) is 1. The van der Waals surface area contributed by atoms with E-state index in [-0.39, 0.29) is 30.6 Å². The molecular formula is C34H38ClF3N2O6. The zero-order chi connectivity index (χ0) is 33.8. The highest BCUT2D eigenvalue weighted by atomic mass is 35.5. The van der Waals surface area contributed by atoms with Crippen LogP contribution in [0.3, 0.4) is 0 Å². The lowest BCUT2D eigenvalue weighted by atomic mass is 10.0. The Morgan fingerprint density at radius 2 is 1.65 bits per heavy atom. The van der Waals surface area contributed by atoms with E-state index in [1.165, 1.54) is 25.2 Å². The molecule has 1 aliphatic rings. The van der Waals surface area contributed by atoms with Crippen LogP contribution in [0.2, 0.25) is 5.02 Å². The molecule has 0 saturated heterocycles. The minimum absolute atomic E-state index is 0.174. The molecule has 0 saturated carbocycles. The van der Waals surface area contributed by atoms with Crippen LogP contribution in [0.15, 0.2) is 54.6 Å². The van der Waals surface area contributed by atoms with Crippen LogP contribution in [0, 0.1) is 5.92 Å². The largest absolute Gasteiger partial charge is 0.497 e. The van der Waals surface area contributed by atoms with E-state index in [9.17, 15) is 22.8 Å². The molecule has 248 valence electrons. The maximum atomic E-state index is 14.2. The second-order valence-electron chi connectivity index (χ2n) is 12.0. The number of carbonyl (C=O) groups excluding carboxylic acids is 2. The normalized spacial score (nSPS) is 14.3. The lowest BCUT2D eigenvalue weighted by molar-refractivity contribution is -0.159. The molecule has 3 aromatic carbocycles. The van der Waals surface area contributed by atoms with Crippen molar-refractivity contribution in [1.82, 2.24) is 0 Å². The summed E-state index contributed by atoms with van der Waals surface area (Å²) in [5.74, 6) is -0.605. The topological polar surface area (TPSA) is 86.3 Å². The Labute approximate surface area is 271 Å². The van der Waals surface area contributed by atoms with Gasteiger partial charge in [0.2, 0.25) is 0 Å². The van der Waals surface area contributed by atoms with Gasteiger partial charge in [-0.15, -0.1) is 0 Å². The van der Waals surface area contributed by atoms with Crippen molar-refractivity contribution in [1.29, 1.82) is 0 Å². The van der Waals surface area contributed by atoms with Gasteiger partial charge in [-0.3, -0.25) is 9.59 Å². The van der Waals surface area contributed by atoms with E-state index >= 15 is 0 Å². The molecule has 12 heteroatoms. The summed E-state index contributed by atoms with van der Waals surface area (Å²) < 4.78 is 63.5. The van der Waals surface area contributed by atoms with Gasteiger partial charge < -0.3 is 29.2 Å². The van der Waals surface area contributed by atoms with Crippen molar-refractivity contribution >= 4 is 34.9 Å².